The zero-order chi connectivity index (χ0) is 20.2. The van der Waals surface area contributed by atoms with Gasteiger partial charge in [-0.25, -0.2) is 0 Å². The maximum Gasteiger partial charge on any atom is 0.254 e. The molecule has 0 N–H and O–H groups in total. The molecule has 3 heterocycles. The highest BCUT2D eigenvalue weighted by molar-refractivity contribution is 7.10. The number of rotatable bonds is 4. The van der Waals surface area contributed by atoms with Crippen molar-refractivity contribution in [3.05, 3.63) is 69.4 Å². The smallest absolute Gasteiger partial charge is 0.254 e. The number of aryl methyl sites for hydroxylation is 1. The molecule has 1 aliphatic heterocycles. The number of carbonyl (C=O) groups excluding carboxylic acids is 1. The number of carbonyl (C=O) groups is 1. The molecule has 0 spiro atoms. The number of hydrogen-bond acceptors (Lipinski definition) is 6. The molecule has 0 radical (unpaired) electrons. The first kappa shape index (κ1) is 19.0. The molecular formula is C22H20N4O2S. The Morgan fingerprint density at radius 1 is 1.17 bits per heavy atom. The second-order valence-electron chi connectivity index (χ2n) is 6.76. The van der Waals surface area contributed by atoms with Crippen LogP contribution in [0.1, 0.15) is 32.4 Å². The zero-order valence-corrected chi connectivity index (χ0v) is 16.9. The van der Waals surface area contributed by atoms with Crippen molar-refractivity contribution in [3.8, 4) is 6.07 Å². The summed E-state index contributed by atoms with van der Waals surface area (Å²) >= 11 is 1.62. The first-order valence-corrected chi connectivity index (χ1v) is 10.3. The summed E-state index contributed by atoms with van der Waals surface area (Å²) in [5.74, 6) is 0.921. The SMILES string of the molecule is Cc1ccccc1C(=O)N1CCN(c2oc(/C=C/c3cccs3)nc2C#N)CC1. The molecule has 29 heavy (non-hydrogen) atoms. The van der Waals surface area contributed by atoms with Gasteiger partial charge in [0.1, 0.15) is 6.07 Å². The molecule has 0 saturated carbocycles. The van der Waals surface area contributed by atoms with Gasteiger partial charge in [0.15, 0.2) is 0 Å². The summed E-state index contributed by atoms with van der Waals surface area (Å²) in [6, 6.07) is 13.7. The summed E-state index contributed by atoms with van der Waals surface area (Å²) in [6.45, 7) is 4.27. The van der Waals surface area contributed by atoms with E-state index in [1.165, 1.54) is 0 Å². The van der Waals surface area contributed by atoms with Crippen molar-refractivity contribution in [3.63, 3.8) is 0 Å². The fraction of sp³-hybridized carbons (Fsp3) is 0.227. The van der Waals surface area contributed by atoms with Gasteiger partial charge in [0.25, 0.3) is 5.91 Å². The number of nitrogens with zero attached hydrogens (tertiary/aromatic N) is 4. The number of nitriles is 1. The molecule has 1 saturated heterocycles. The number of aromatic nitrogens is 1. The third-order valence-corrected chi connectivity index (χ3v) is 5.73. The number of benzene rings is 1. The van der Waals surface area contributed by atoms with Crippen LogP contribution >= 0.6 is 11.3 Å². The van der Waals surface area contributed by atoms with Crippen molar-refractivity contribution >= 4 is 35.3 Å². The van der Waals surface area contributed by atoms with E-state index in [-0.39, 0.29) is 11.6 Å². The molecule has 1 aliphatic rings. The van der Waals surface area contributed by atoms with Gasteiger partial charge < -0.3 is 14.2 Å². The number of amides is 1. The van der Waals surface area contributed by atoms with Crippen molar-refractivity contribution in [2.24, 2.45) is 0 Å². The van der Waals surface area contributed by atoms with E-state index in [0.29, 0.717) is 38.0 Å². The van der Waals surface area contributed by atoms with Crippen LogP contribution in [0.5, 0.6) is 0 Å². The van der Waals surface area contributed by atoms with Crippen LogP contribution in [0.4, 0.5) is 5.88 Å². The monoisotopic (exact) mass is 404 g/mol. The van der Waals surface area contributed by atoms with Crippen LogP contribution in [0.3, 0.4) is 0 Å². The van der Waals surface area contributed by atoms with Gasteiger partial charge in [-0.2, -0.15) is 10.2 Å². The van der Waals surface area contributed by atoms with Gasteiger partial charge in [-0.05, 0) is 36.1 Å². The summed E-state index contributed by atoms with van der Waals surface area (Å²) in [5, 5.41) is 11.4. The van der Waals surface area contributed by atoms with Crippen LogP contribution in [0.25, 0.3) is 12.2 Å². The Morgan fingerprint density at radius 3 is 2.66 bits per heavy atom. The number of oxazole rings is 1. The van der Waals surface area contributed by atoms with Crippen molar-refractivity contribution in [2.45, 2.75) is 6.92 Å². The van der Waals surface area contributed by atoms with Gasteiger partial charge in [-0.15, -0.1) is 11.3 Å². The van der Waals surface area contributed by atoms with Crippen LogP contribution in [0.2, 0.25) is 0 Å². The highest BCUT2D eigenvalue weighted by atomic mass is 32.1. The van der Waals surface area contributed by atoms with Crippen molar-refractivity contribution in [2.75, 3.05) is 31.1 Å². The van der Waals surface area contributed by atoms with E-state index in [1.54, 1.807) is 17.4 Å². The quantitative estimate of drug-likeness (QED) is 0.656. The van der Waals surface area contributed by atoms with Crippen molar-refractivity contribution in [1.29, 1.82) is 5.26 Å². The van der Waals surface area contributed by atoms with Gasteiger partial charge in [-0.3, -0.25) is 4.79 Å². The predicted molar refractivity (Wildman–Crippen MR) is 114 cm³/mol. The number of hydrogen-bond donors (Lipinski definition) is 0. The lowest BCUT2D eigenvalue weighted by Crippen LogP contribution is -2.49. The van der Waals surface area contributed by atoms with Gasteiger partial charge >= 0.3 is 0 Å². The maximum atomic E-state index is 12.8. The molecule has 7 heteroatoms. The second-order valence-corrected chi connectivity index (χ2v) is 7.74. The van der Waals surface area contributed by atoms with Gasteiger partial charge in [0, 0.05) is 42.7 Å². The minimum absolute atomic E-state index is 0.0420. The number of thiophene rings is 1. The number of piperazine rings is 1. The Balaban J connectivity index is 1.45. The molecule has 3 aromatic rings. The fourth-order valence-electron chi connectivity index (χ4n) is 3.32. The highest BCUT2D eigenvalue weighted by Gasteiger charge is 2.27. The highest BCUT2D eigenvalue weighted by Crippen LogP contribution is 2.25. The third-order valence-electron chi connectivity index (χ3n) is 4.89. The molecule has 0 bridgehead atoms. The molecule has 2 aromatic heterocycles. The maximum absolute atomic E-state index is 12.8. The van der Waals surface area contributed by atoms with E-state index in [0.717, 1.165) is 16.0 Å². The summed E-state index contributed by atoms with van der Waals surface area (Å²) in [5.41, 5.74) is 1.98. The van der Waals surface area contributed by atoms with Crippen LogP contribution in [0, 0.1) is 18.3 Å². The summed E-state index contributed by atoms with van der Waals surface area (Å²) in [6.07, 6.45) is 3.69. The molecule has 146 valence electrons. The average molecular weight is 404 g/mol. The molecule has 0 unspecified atom stereocenters. The van der Waals surface area contributed by atoms with E-state index in [9.17, 15) is 10.1 Å². The number of anilines is 1. The Kier molecular flexibility index (Phi) is 5.45. The zero-order valence-electron chi connectivity index (χ0n) is 16.0. The van der Waals surface area contributed by atoms with Gasteiger partial charge in [-0.1, -0.05) is 24.3 Å². The lowest BCUT2D eigenvalue weighted by atomic mass is 10.1. The Morgan fingerprint density at radius 2 is 1.97 bits per heavy atom. The summed E-state index contributed by atoms with van der Waals surface area (Å²) in [4.78, 5) is 22.0. The summed E-state index contributed by atoms with van der Waals surface area (Å²) < 4.78 is 5.85. The van der Waals surface area contributed by atoms with E-state index in [1.807, 2.05) is 64.6 Å². The van der Waals surface area contributed by atoms with E-state index in [2.05, 4.69) is 11.1 Å². The fourth-order valence-corrected chi connectivity index (χ4v) is 3.94. The normalized spacial score (nSPS) is 14.3. The van der Waals surface area contributed by atoms with Crippen LogP contribution in [0.15, 0.2) is 46.2 Å². The molecule has 0 aliphatic carbocycles. The predicted octanol–water partition coefficient (Wildman–Crippen LogP) is 4.05. The standard InChI is InChI=1S/C22H20N4O2S/c1-16-5-2-3-7-18(16)21(27)25-10-12-26(13-11-25)22-19(15-23)24-20(28-22)9-8-17-6-4-14-29-17/h2-9,14H,10-13H2,1H3/b9-8+. The second kappa shape index (κ2) is 8.33. The minimum Gasteiger partial charge on any atom is -0.420 e. The van der Waals surface area contributed by atoms with Crippen molar-refractivity contribution in [1.82, 2.24) is 9.88 Å². The Labute approximate surface area is 173 Å². The Bertz CT molecular complexity index is 1070. The molecule has 6 nitrogen and oxygen atoms in total. The first-order valence-electron chi connectivity index (χ1n) is 9.38. The lowest BCUT2D eigenvalue weighted by Gasteiger charge is -2.34. The lowest BCUT2D eigenvalue weighted by molar-refractivity contribution is 0.0744. The molecular weight excluding hydrogens is 384 g/mol. The van der Waals surface area contributed by atoms with Crippen LogP contribution in [-0.2, 0) is 0 Å². The molecule has 1 amide bonds. The molecule has 4 rings (SSSR count). The molecule has 1 aromatic carbocycles. The van der Waals surface area contributed by atoms with E-state index >= 15 is 0 Å². The molecule has 1 fully saturated rings. The topological polar surface area (TPSA) is 73.4 Å². The van der Waals surface area contributed by atoms with Gasteiger partial charge in [0.2, 0.25) is 17.5 Å². The van der Waals surface area contributed by atoms with E-state index in [4.69, 9.17) is 4.42 Å². The largest absolute Gasteiger partial charge is 0.420 e. The average Bonchev–Trinajstić information content (AvgIpc) is 3.42. The van der Waals surface area contributed by atoms with Gasteiger partial charge in [0.05, 0.1) is 0 Å². The Hall–Kier alpha value is -3.37. The molecule has 0 atom stereocenters. The van der Waals surface area contributed by atoms with Crippen molar-refractivity contribution < 1.29 is 9.21 Å². The third kappa shape index (κ3) is 4.08. The summed E-state index contributed by atoms with van der Waals surface area (Å²) in [7, 11) is 0. The van der Waals surface area contributed by atoms with Crippen LogP contribution in [-0.4, -0.2) is 42.0 Å². The van der Waals surface area contributed by atoms with Crippen LogP contribution < -0.4 is 4.90 Å². The minimum atomic E-state index is 0.0420. The van der Waals surface area contributed by atoms with E-state index < -0.39 is 0 Å². The first-order chi connectivity index (χ1) is 14.2.